The number of esters is 2. The number of carbonyl (C=O) groups is 2. The Morgan fingerprint density at radius 2 is 1.62 bits per heavy atom. The Bertz CT molecular complexity index is 221. The third-order valence-electron chi connectivity index (χ3n) is 1.43. The van der Waals surface area contributed by atoms with E-state index in [0.29, 0.717) is 0 Å². The molecule has 6 nitrogen and oxygen atoms in total. The van der Waals surface area contributed by atoms with Crippen molar-refractivity contribution >= 4 is 17.8 Å². The highest BCUT2D eigenvalue weighted by atomic mass is 16.5. The van der Waals surface area contributed by atoms with Crippen LogP contribution in [-0.2, 0) is 19.1 Å². The van der Waals surface area contributed by atoms with E-state index >= 15 is 0 Å². The van der Waals surface area contributed by atoms with Gasteiger partial charge in [0.2, 0.25) is 5.92 Å². The highest BCUT2D eigenvalue weighted by molar-refractivity contribution is 6.15. The van der Waals surface area contributed by atoms with Gasteiger partial charge in [0, 0.05) is 7.05 Å². The lowest BCUT2D eigenvalue weighted by Crippen LogP contribution is -2.38. The molecule has 0 radical (unpaired) electrons. The number of ether oxygens (including phenoxy) is 2. The average Bonchev–Trinajstić information content (AvgIpc) is 2.16. The molecule has 2 N–H and O–H groups in total. The molecule has 13 heavy (non-hydrogen) atoms. The molecule has 0 unspecified atom stereocenters. The summed E-state index contributed by atoms with van der Waals surface area (Å²) in [5, 5.41) is 0. The van der Waals surface area contributed by atoms with Gasteiger partial charge in [-0.05, 0) is 0 Å². The molecule has 0 aromatic heterocycles. The number of carbonyl (C=O) groups excluding carboxylic acids is 2. The first-order valence-corrected chi connectivity index (χ1v) is 3.46. The smallest absolute Gasteiger partial charge is 0.327 e. The van der Waals surface area contributed by atoms with Gasteiger partial charge in [-0.15, -0.1) is 0 Å². The van der Waals surface area contributed by atoms with Gasteiger partial charge in [0.1, 0.15) is 5.84 Å². The summed E-state index contributed by atoms with van der Waals surface area (Å²) >= 11 is 0. The normalized spacial score (nSPS) is 11.2. The number of nitrogens with two attached hydrogens (primary N) is 1. The van der Waals surface area contributed by atoms with Gasteiger partial charge in [-0.3, -0.25) is 14.6 Å². The predicted octanol–water partition coefficient (Wildman–Crippen LogP) is -1.06. The minimum Gasteiger partial charge on any atom is -0.468 e. The number of methoxy groups -OCH3 is 2. The fourth-order valence-corrected chi connectivity index (χ4v) is 0.703. The summed E-state index contributed by atoms with van der Waals surface area (Å²) in [5.74, 6) is -2.96. The first-order chi connectivity index (χ1) is 6.08. The van der Waals surface area contributed by atoms with E-state index in [1.54, 1.807) is 0 Å². The predicted molar refractivity (Wildman–Crippen MR) is 45.1 cm³/mol. The van der Waals surface area contributed by atoms with Gasteiger partial charge >= 0.3 is 11.9 Å². The van der Waals surface area contributed by atoms with Crippen molar-refractivity contribution < 1.29 is 19.1 Å². The van der Waals surface area contributed by atoms with Gasteiger partial charge in [0.25, 0.3) is 0 Å². The van der Waals surface area contributed by atoms with Crippen LogP contribution in [0.1, 0.15) is 0 Å². The minimum atomic E-state index is -1.26. The molecule has 0 bridgehead atoms. The Hall–Kier alpha value is -1.59. The zero-order valence-electron chi connectivity index (χ0n) is 7.73. The third-order valence-corrected chi connectivity index (χ3v) is 1.43. The Morgan fingerprint density at radius 1 is 1.23 bits per heavy atom. The van der Waals surface area contributed by atoms with Crippen molar-refractivity contribution in [2.45, 2.75) is 0 Å². The van der Waals surface area contributed by atoms with Gasteiger partial charge in [0.15, 0.2) is 0 Å². The fraction of sp³-hybridized carbons (Fsp3) is 0.571. The molecule has 0 heterocycles. The number of nitrogens with zero attached hydrogens (tertiary/aromatic N) is 1. The van der Waals surface area contributed by atoms with E-state index in [1.807, 2.05) is 0 Å². The molecule has 0 aliphatic carbocycles. The van der Waals surface area contributed by atoms with E-state index in [2.05, 4.69) is 14.5 Å². The highest BCUT2D eigenvalue weighted by Crippen LogP contribution is 2.02. The summed E-state index contributed by atoms with van der Waals surface area (Å²) in [7, 11) is 3.68. The molecule has 0 rings (SSSR count). The van der Waals surface area contributed by atoms with Crippen LogP contribution in [0.15, 0.2) is 4.99 Å². The molecule has 0 fully saturated rings. The topological polar surface area (TPSA) is 91.0 Å². The van der Waals surface area contributed by atoms with Crippen molar-refractivity contribution in [1.82, 2.24) is 0 Å². The monoisotopic (exact) mass is 188 g/mol. The van der Waals surface area contributed by atoms with Crippen LogP contribution in [0.3, 0.4) is 0 Å². The van der Waals surface area contributed by atoms with Gasteiger partial charge in [-0.2, -0.15) is 0 Å². The SMILES string of the molecule is CN=C(N)C(C(=O)OC)C(=O)OC. The second-order valence-corrected chi connectivity index (χ2v) is 2.13. The maximum atomic E-state index is 11.0. The number of hydrogen-bond donors (Lipinski definition) is 1. The van der Waals surface area contributed by atoms with Gasteiger partial charge in [-0.25, -0.2) is 0 Å². The van der Waals surface area contributed by atoms with Crippen LogP contribution in [0.2, 0.25) is 0 Å². The summed E-state index contributed by atoms with van der Waals surface area (Å²) in [6.07, 6.45) is 0. The van der Waals surface area contributed by atoms with Crippen molar-refractivity contribution in [3.63, 3.8) is 0 Å². The lowest BCUT2D eigenvalue weighted by atomic mass is 10.1. The van der Waals surface area contributed by atoms with Crippen LogP contribution in [0.5, 0.6) is 0 Å². The van der Waals surface area contributed by atoms with Gasteiger partial charge in [0.05, 0.1) is 14.2 Å². The van der Waals surface area contributed by atoms with E-state index in [4.69, 9.17) is 5.73 Å². The molecule has 0 aliphatic rings. The molecule has 0 aliphatic heterocycles. The number of amidine groups is 1. The lowest BCUT2D eigenvalue weighted by Gasteiger charge is -2.10. The molecule has 0 spiro atoms. The van der Waals surface area contributed by atoms with E-state index in [0.717, 1.165) is 14.2 Å². The van der Waals surface area contributed by atoms with Crippen LogP contribution >= 0.6 is 0 Å². The number of rotatable bonds is 3. The summed E-state index contributed by atoms with van der Waals surface area (Å²) in [6, 6.07) is 0. The number of hydrogen-bond acceptors (Lipinski definition) is 5. The third kappa shape index (κ3) is 2.73. The van der Waals surface area contributed by atoms with E-state index < -0.39 is 17.9 Å². The molecule has 0 aromatic rings. The van der Waals surface area contributed by atoms with Gasteiger partial charge in [-0.1, -0.05) is 0 Å². The standard InChI is InChI=1S/C7H12N2O4/c1-9-5(8)4(6(10)12-2)7(11)13-3/h4H,1-3H3,(H2,8,9). The molecule has 0 atom stereocenters. The van der Waals surface area contributed by atoms with Gasteiger partial charge < -0.3 is 15.2 Å². The zero-order valence-corrected chi connectivity index (χ0v) is 7.73. The zero-order chi connectivity index (χ0) is 10.4. The van der Waals surface area contributed by atoms with E-state index in [-0.39, 0.29) is 5.84 Å². The second kappa shape index (κ2) is 5.13. The van der Waals surface area contributed by atoms with Crippen molar-refractivity contribution in [3.05, 3.63) is 0 Å². The first kappa shape index (κ1) is 11.4. The quantitative estimate of drug-likeness (QED) is 0.264. The highest BCUT2D eigenvalue weighted by Gasteiger charge is 2.32. The van der Waals surface area contributed by atoms with Crippen LogP contribution in [0.25, 0.3) is 0 Å². The summed E-state index contributed by atoms with van der Waals surface area (Å²) in [6.45, 7) is 0. The lowest BCUT2D eigenvalue weighted by molar-refractivity contribution is -0.155. The molecular formula is C7H12N2O4. The molecular weight excluding hydrogens is 176 g/mol. The molecule has 0 amide bonds. The summed E-state index contributed by atoms with van der Waals surface area (Å²) in [5.41, 5.74) is 5.32. The largest absolute Gasteiger partial charge is 0.468 e. The molecule has 0 saturated heterocycles. The second-order valence-electron chi connectivity index (χ2n) is 2.13. The Labute approximate surface area is 75.7 Å². The Morgan fingerprint density at radius 3 is 1.85 bits per heavy atom. The van der Waals surface area contributed by atoms with Crippen LogP contribution in [0.4, 0.5) is 0 Å². The fourth-order valence-electron chi connectivity index (χ4n) is 0.703. The molecule has 0 aromatic carbocycles. The first-order valence-electron chi connectivity index (χ1n) is 3.46. The van der Waals surface area contributed by atoms with Crippen LogP contribution in [-0.4, -0.2) is 39.0 Å². The van der Waals surface area contributed by atoms with Crippen LogP contribution < -0.4 is 5.73 Å². The van der Waals surface area contributed by atoms with Crippen molar-refractivity contribution in [3.8, 4) is 0 Å². The summed E-state index contributed by atoms with van der Waals surface area (Å²) < 4.78 is 8.72. The van der Waals surface area contributed by atoms with Crippen molar-refractivity contribution in [1.29, 1.82) is 0 Å². The van der Waals surface area contributed by atoms with E-state index in [9.17, 15) is 9.59 Å². The molecule has 0 saturated carbocycles. The minimum absolute atomic E-state index is 0.126. The maximum absolute atomic E-state index is 11.0. The average molecular weight is 188 g/mol. The maximum Gasteiger partial charge on any atom is 0.327 e. The van der Waals surface area contributed by atoms with Crippen molar-refractivity contribution in [2.75, 3.05) is 21.3 Å². The Balaban J connectivity index is 4.75. The molecule has 6 heteroatoms. The molecule has 74 valence electrons. The van der Waals surface area contributed by atoms with E-state index in [1.165, 1.54) is 7.05 Å². The summed E-state index contributed by atoms with van der Waals surface area (Å²) in [4.78, 5) is 25.6. The van der Waals surface area contributed by atoms with Crippen LogP contribution in [0, 0.1) is 5.92 Å². The van der Waals surface area contributed by atoms with Crippen molar-refractivity contribution in [2.24, 2.45) is 16.6 Å². The number of aliphatic imine (C=N–C) groups is 1. The Kier molecular flexibility index (Phi) is 4.50.